The van der Waals surface area contributed by atoms with Crippen molar-refractivity contribution < 1.29 is 9.47 Å². The molecule has 1 aromatic rings. The van der Waals surface area contributed by atoms with Crippen LogP contribution in [0.2, 0.25) is 0 Å². The van der Waals surface area contributed by atoms with E-state index in [4.69, 9.17) is 9.47 Å². The number of hydrogen-bond donors (Lipinski definition) is 0. The molecule has 0 amide bonds. The van der Waals surface area contributed by atoms with E-state index in [1.165, 1.54) is 0 Å². The molecule has 1 aromatic carbocycles. The minimum absolute atomic E-state index is 0.362. The van der Waals surface area contributed by atoms with Gasteiger partial charge in [0.15, 0.2) is 0 Å². The molecule has 0 bridgehead atoms. The van der Waals surface area contributed by atoms with Gasteiger partial charge in [0.2, 0.25) is 0 Å². The number of anilines is 1. The van der Waals surface area contributed by atoms with Gasteiger partial charge in [-0.25, -0.2) is 0 Å². The largest absolute Gasteiger partial charge is 0.495 e. The lowest BCUT2D eigenvalue weighted by Gasteiger charge is -2.30. The summed E-state index contributed by atoms with van der Waals surface area (Å²) >= 11 is 0. The summed E-state index contributed by atoms with van der Waals surface area (Å²) in [6, 6.07) is 3.59. The predicted molar refractivity (Wildman–Crippen MR) is 76.2 cm³/mol. The highest BCUT2D eigenvalue weighted by Crippen LogP contribution is 2.38. The zero-order valence-electron chi connectivity index (χ0n) is 11.3. The van der Waals surface area contributed by atoms with Crippen molar-refractivity contribution in [2.75, 3.05) is 38.3 Å². The summed E-state index contributed by atoms with van der Waals surface area (Å²) in [4.78, 5) is 13.1. The number of allylic oxidation sites excluding steroid dienone is 1. The highest BCUT2D eigenvalue weighted by atomic mass is 16.5. The lowest BCUT2D eigenvalue weighted by molar-refractivity contribution is 0.122. The van der Waals surface area contributed by atoms with E-state index in [1.807, 2.05) is 13.0 Å². The average Bonchev–Trinajstić information content (AvgIpc) is 2.46. The molecule has 0 atom stereocenters. The highest BCUT2D eigenvalue weighted by Gasteiger charge is 2.18. The van der Waals surface area contributed by atoms with Crippen molar-refractivity contribution in [2.24, 2.45) is 5.18 Å². The number of ether oxygens (including phenoxy) is 2. The van der Waals surface area contributed by atoms with Gasteiger partial charge in [0.05, 0.1) is 26.0 Å². The molecule has 1 fully saturated rings. The summed E-state index contributed by atoms with van der Waals surface area (Å²) in [6.45, 7) is 8.75. The average molecular weight is 262 g/mol. The van der Waals surface area contributed by atoms with E-state index in [1.54, 1.807) is 13.2 Å². The van der Waals surface area contributed by atoms with Crippen LogP contribution in [0.1, 0.15) is 12.5 Å². The number of hydrogen-bond acceptors (Lipinski definition) is 5. The molecule has 102 valence electrons. The van der Waals surface area contributed by atoms with Crippen LogP contribution in [0, 0.1) is 4.91 Å². The Bertz CT molecular complexity index is 494. The normalized spacial score (nSPS) is 15.2. The molecule has 0 aromatic heterocycles. The maximum Gasteiger partial charge on any atom is 0.144 e. The van der Waals surface area contributed by atoms with Crippen LogP contribution in [0.15, 0.2) is 23.9 Å². The van der Waals surface area contributed by atoms with Crippen LogP contribution in [0.25, 0.3) is 5.57 Å². The maximum absolute atomic E-state index is 10.9. The summed E-state index contributed by atoms with van der Waals surface area (Å²) in [5, 5.41) is 3.05. The molecule has 0 N–H and O–H groups in total. The van der Waals surface area contributed by atoms with Crippen molar-refractivity contribution >= 4 is 16.9 Å². The van der Waals surface area contributed by atoms with Gasteiger partial charge < -0.3 is 14.4 Å². The molecule has 1 heterocycles. The van der Waals surface area contributed by atoms with Crippen LogP contribution >= 0.6 is 0 Å². The Kier molecular flexibility index (Phi) is 4.16. The molecule has 1 aliphatic rings. The van der Waals surface area contributed by atoms with Gasteiger partial charge in [0.1, 0.15) is 11.4 Å². The molecule has 0 radical (unpaired) electrons. The van der Waals surface area contributed by atoms with Gasteiger partial charge in [-0.05, 0) is 23.7 Å². The third-order valence-electron chi connectivity index (χ3n) is 3.21. The van der Waals surface area contributed by atoms with Crippen molar-refractivity contribution in [3.8, 4) is 5.75 Å². The number of nitrogens with zero attached hydrogens (tertiary/aromatic N) is 2. The molecule has 5 heteroatoms. The SMILES string of the molecule is C=C(C)c1cc(N2CCOCC2)c(OC)cc1N=O. The van der Waals surface area contributed by atoms with Gasteiger partial charge in [-0.2, -0.15) is 0 Å². The second-order valence-electron chi connectivity index (χ2n) is 4.51. The van der Waals surface area contributed by atoms with Gasteiger partial charge in [-0.3, -0.25) is 0 Å². The molecule has 0 aliphatic carbocycles. The summed E-state index contributed by atoms with van der Waals surface area (Å²) in [5.41, 5.74) is 2.89. The zero-order valence-corrected chi connectivity index (χ0v) is 11.3. The third kappa shape index (κ3) is 2.76. The number of benzene rings is 1. The van der Waals surface area contributed by atoms with Gasteiger partial charge >= 0.3 is 0 Å². The zero-order chi connectivity index (χ0) is 13.8. The first-order valence-electron chi connectivity index (χ1n) is 6.21. The van der Waals surface area contributed by atoms with E-state index in [0.717, 1.165) is 29.9 Å². The van der Waals surface area contributed by atoms with Crippen molar-refractivity contribution in [3.05, 3.63) is 29.2 Å². The van der Waals surface area contributed by atoms with Crippen LogP contribution in [0.5, 0.6) is 5.75 Å². The van der Waals surface area contributed by atoms with E-state index in [-0.39, 0.29) is 0 Å². The molecular formula is C14H18N2O3. The summed E-state index contributed by atoms with van der Waals surface area (Å²) in [6.07, 6.45) is 0. The Morgan fingerprint density at radius 2 is 2.11 bits per heavy atom. The monoisotopic (exact) mass is 262 g/mol. The van der Waals surface area contributed by atoms with Crippen molar-refractivity contribution in [1.82, 2.24) is 0 Å². The third-order valence-corrected chi connectivity index (χ3v) is 3.21. The Morgan fingerprint density at radius 1 is 1.42 bits per heavy atom. The fraction of sp³-hybridized carbons (Fsp3) is 0.429. The molecule has 1 saturated heterocycles. The van der Waals surface area contributed by atoms with Crippen molar-refractivity contribution in [2.45, 2.75) is 6.92 Å². The molecule has 5 nitrogen and oxygen atoms in total. The number of nitroso groups, excluding NO2 is 1. The number of methoxy groups -OCH3 is 1. The molecular weight excluding hydrogens is 244 g/mol. The van der Waals surface area contributed by atoms with E-state index in [0.29, 0.717) is 24.7 Å². The first-order valence-corrected chi connectivity index (χ1v) is 6.21. The number of rotatable bonds is 4. The molecule has 0 spiro atoms. The van der Waals surface area contributed by atoms with Crippen LogP contribution in [0.3, 0.4) is 0 Å². The van der Waals surface area contributed by atoms with Crippen LogP contribution in [0.4, 0.5) is 11.4 Å². The van der Waals surface area contributed by atoms with E-state index in [9.17, 15) is 4.91 Å². The molecule has 2 rings (SSSR count). The Morgan fingerprint density at radius 3 is 2.63 bits per heavy atom. The first-order chi connectivity index (χ1) is 9.17. The molecule has 0 saturated carbocycles. The first kappa shape index (κ1) is 13.5. The Labute approximate surface area is 112 Å². The number of morpholine rings is 1. The van der Waals surface area contributed by atoms with Crippen molar-refractivity contribution in [3.63, 3.8) is 0 Å². The molecule has 0 unspecified atom stereocenters. The predicted octanol–water partition coefficient (Wildman–Crippen LogP) is 2.96. The quantitative estimate of drug-likeness (QED) is 0.783. The van der Waals surface area contributed by atoms with Crippen molar-refractivity contribution in [1.29, 1.82) is 0 Å². The summed E-state index contributed by atoms with van der Waals surface area (Å²) in [5.74, 6) is 0.654. The van der Waals surface area contributed by atoms with Gasteiger partial charge in [0, 0.05) is 24.7 Å². The summed E-state index contributed by atoms with van der Waals surface area (Å²) in [7, 11) is 1.59. The Hall–Kier alpha value is -1.88. The lowest BCUT2D eigenvalue weighted by atomic mass is 10.0. The van der Waals surface area contributed by atoms with E-state index < -0.39 is 0 Å². The van der Waals surface area contributed by atoms with Gasteiger partial charge in [0.25, 0.3) is 0 Å². The second-order valence-corrected chi connectivity index (χ2v) is 4.51. The van der Waals surface area contributed by atoms with Crippen LogP contribution in [-0.2, 0) is 4.74 Å². The minimum Gasteiger partial charge on any atom is -0.495 e. The lowest BCUT2D eigenvalue weighted by Crippen LogP contribution is -2.36. The van der Waals surface area contributed by atoms with E-state index in [2.05, 4.69) is 16.7 Å². The van der Waals surface area contributed by atoms with E-state index >= 15 is 0 Å². The second kappa shape index (κ2) is 5.84. The highest BCUT2D eigenvalue weighted by molar-refractivity contribution is 5.79. The minimum atomic E-state index is 0.362. The fourth-order valence-corrected chi connectivity index (χ4v) is 2.19. The van der Waals surface area contributed by atoms with Gasteiger partial charge in [-0.15, -0.1) is 4.91 Å². The maximum atomic E-state index is 10.9. The Balaban J connectivity index is 2.48. The standard InChI is InChI=1S/C14H18N2O3/c1-10(2)11-8-13(16-4-6-19-7-5-16)14(18-3)9-12(11)15-17/h8-9H,1,4-7H2,2-3H3. The molecule has 1 aliphatic heterocycles. The topological polar surface area (TPSA) is 51.1 Å². The van der Waals surface area contributed by atoms with Gasteiger partial charge in [-0.1, -0.05) is 6.58 Å². The van der Waals surface area contributed by atoms with Crippen LogP contribution < -0.4 is 9.64 Å². The van der Waals surface area contributed by atoms with Crippen LogP contribution in [-0.4, -0.2) is 33.4 Å². The summed E-state index contributed by atoms with van der Waals surface area (Å²) < 4.78 is 10.7. The smallest absolute Gasteiger partial charge is 0.144 e. The molecule has 19 heavy (non-hydrogen) atoms. The fourth-order valence-electron chi connectivity index (χ4n) is 2.19.